The smallest absolute Gasteiger partial charge is 0.0769 e. The van der Waals surface area contributed by atoms with Crippen LogP contribution in [0.1, 0.15) is 105 Å². The summed E-state index contributed by atoms with van der Waals surface area (Å²) >= 11 is 2.28. The molecule has 166 valence electrons. The number of halogens is 1. The second kappa shape index (κ2) is 9.33. The van der Waals surface area contributed by atoms with E-state index in [2.05, 4.69) is 55.0 Å². The SMILES string of the molecule is CC(C)CCCCC1CCC2C3CC=C4CC(OSI)CCC4(C)C3CC[C@]12C. The molecule has 0 aromatic rings. The van der Waals surface area contributed by atoms with Gasteiger partial charge in [0.05, 0.1) is 15.3 Å². The summed E-state index contributed by atoms with van der Waals surface area (Å²) in [5.41, 5.74) is 2.86. The van der Waals surface area contributed by atoms with Gasteiger partial charge >= 0.3 is 0 Å². The lowest BCUT2D eigenvalue weighted by Crippen LogP contribution is -2.50. The maximum absolute atomic E-state index is 5.94. The Labute approximate surface area is 196 Å². The molecule has 0 aliphatic heterocycles. The van der Waals surface area contributed by atoms with Gasteiger partial charge < -0.3 is 4.18 Å². The van der Waals surface area contributed by atoms with Crippen molar-refractivity contribution in [3.05, 3.63) is 11.6 Å². The van der Waals surface area contributed by atoms with E-state index >= 15 is 0 Å². The van der Waals surface area contributed by atoms with Crippen LogP contribution in [0.25, 0.3) is 0 Å². The maximum atomic E-state index is 5.94. The highest BCUT2D eigenvalue weighted by molar-refractivity contribution is 14.2. The van der Waals surface area contributed by atoms with Gasteiger partial charge in [-0.05, 0) is 98.2 Å². The minimum atomic E-state index is 0.448. The Morgan fingerprint density at radius 2 is 1.93 bits per heavy atom. The fraction of sp³-hybridized carbons (Fsp3) is 0.923. The molecule has 0 spiro atoms. The molecule has 3 fully saturated rings. The number of unbranched alkanes of at least 4 members (excludes halogenated alkanes) is 1. The summed E-state index contributed by atoms with van der Waals surface area (Å²) in [6, 6.07) is 0. The molecular formula is C26H43IOS. The highest BCUT2D eigenvalue weighted by Crippen LogP contribution is 2.66. The van der Waals surface area contributed by atoms with Gasteiger partial charge in [0.1, 0.15) is 0 Å². The fourth-order valence-electron chi connectivity index (χ4n) is 8.29. The third-order valence-corrected chi connectivity index (χ3v) is 11.0. The molecule has 4 aliphatic carbocycles. The summed E-state index contributed by atoms with van der Waals surface area (Å²) in [6.07, 6.45) is 20.2. The van der Waals surface area contributed by atoms with E-state index < -0.39 is 0 Å². The van der Waals surface area contributed by atoms with Crippen LogP contribution in [0.3, 0.4) is 0 Å². The van der Waals surface area contributed by atoms with Crippen LogP contribution in [0.2, 0.25) is 0 Å². The van der Waals surface area contributed by atoms with Crippen molar-refractivity contribution in [2.75, 3.05) is 0 Å². The van der Waals surface area contributed by atoms with Crippen LogP contribution < -0.4 is 0 Å². The molecule has 0 amide bonds. The minimum absolute atomic E-state index is 0.448. The number of hydrogen-bond donors (Lipinski definition) is 0. The van der Waals surface area contributed by atoms with Crippen molar-refractivity contribution in [2.24, 2.45) is 40.4 Å². The van der Waals surface area contributed by atoms with E-state index in [-0.39, 0.29) is 0 Å². The third kappa shape index (κ3) is 4.36. The second-order valence-corrected chi connectivity index (χ2v) is 13.2. The van der Waals surface area contributed by atoms with Crippen molar-refractivity contribution < 1.29 is 4.18 Å². The van der Waals surface area contributed by atoms with Gasteiger partial charge in [-0.1, -0.05) is 58.6 Å². The van der Waals surface area contributed by atoms with E-state index in [1.807, 2.05) is 0 Å². The fourth-order valence-corrected chi connectivity index (χ4v) is 9.44. The van der Waals surface area contributed by atoms with Gasteiger partial charge in [0.2, 0.25) is 0 Å². The normalized spacial score (nSPS) is 44.2. The zero-order valence-corrected chi connectivity index (χ0v) is 22.2. The van der Waals surface area contributed by atoms with Crippen molar-refractivity contribution in [3.63, 3.8) is 0 Å². The first-order valence-electron chi connectivity index (χ1n) is 12.5. The van der Waals surface area contributed by atoms with Crippen molar-refractivity contribution in [3.8, 4) is 0 Å². The largest absolute Gasteiger partial charge is 0.302 e. The van der Waals surface area contributed by atoms with E-state index in [1.54, 1.807) is 5.57 Å². The summed E-state index contributed by atoms with van der Waals surface area (Å²) in [5.74, 6) is 4.76. The Morgan fingerprint density at radius 3 is 2.69 bits per heavy atom. The molecule has 6 unspecified atom stereocenters. The quantitative estimate of drug-likeness (QED) is 0.140. The van der Waals surface area contributed by atoms with Gasteiger partial charge in [-0.2, -0.15) is 0 Å². The van der Waals surface area contributed by atoms with Crippen LogP contribution in [0.15, 0.2) is 11.6 Å². The first kappa shape index (κ1) is 23.0. The average molecular weight is 531 g/mol. The Morgan fingerprint density at radius 1 is 1.10 bits per heavy atom. The van der Waals surface area contributed by atoms with Gasteiger partial charge in [0, 0.05) is 21.2 Å². The van der Waals surface area contributed by atoms with E-state index in [9.17, 15) is 0 Å². The van der Waals surface area contributed by atoms with Crippen LogP contribution in [0.4, 0.5) is 0 Å². The van der Waals surface area contributed by atoms with Gasteiger partial charge in [-0.3, -0.25) is 0 Å². The van der Waals surface area contributed by atoms with Gasteiger partial charge in [0.25, 0.3) is 0 Å². The summed E-state index contributed by atoms with van der Waals surface area (Å²) in [4.78, 5) is 0. The van der Waals surface area contributed by atoms with Crippen LogP contribution in [0.5, 0.6) is 0 Å². The van der Waals surface area contributed by atoms with Gasteiger partial charge in [0.15, 0.2) is 0 Å². The molecule has 0 saturated heterocycles. The standard InChI is InChI=1S/C26H43IOS/c1-18(2)7-5-6-8-19-10-12-23-22-11-9-20-17-21(28-29-27)13-15-26(20,4)24(22)14-16-25(19,23)3/h9,18-19,21-24H,5-8,10-17H2,1-4H3/t19?,21?,22?,23?,24?,25-,26?/m1/s1. The molecule has 0 radical (unpaired) electrons. The third-order valence-electron chi connectivity index (χ3n) is 10.0. The minimum Gasteiger partial charge on any atom is -0.302 e. The first-order valence-corrected chi connectivity index (χ1v) is 15.8. The van der Waals surface area contributed by atoms with E-state index in [4.69, 9.17) is 4.18 Å². The first-order chi connectivity index (χ1) is 13.9. The highest BCUT2D eigenvalue weighted by atomic mass is 127. The lowest BCUT2D eigenvalue weighted by atomic mass is 9.47. The molecule has 29 heavy (non-hydrogen) atoms. The summed E-state index contributed by atoms with van der Waals surface area (Å²) < 4.78 is 5.94. The van der Waals surface area contributed by atoms with Crippen molar-refractivity contribution >= 4 is 30.4 Å². The number of rotatable bonds is 7. The maximum Gasteiger partial charge on any atom is 0.0769 e. The average Bonchev–Trinajstić information content (AvgIpc) is 3.02. The van der Waals surface area contributed by atoms with Crippen LogP contribution in [-0.2, 0) is 4.18 Å². The van der Waals surface area contributed by atoms with Gasteiger partial charge in [-0.25, -0.2) is 0 Å². The molecule has 7 atom stereocenters. The molecule has 4 aliphatic rings. The van der Waals surface area contributed by atoms with Crippen LogP contribution >= 0.6 is 30.4 Å². The summed E-state index contributed by atoms with van der Waals surface area (Å²) in [6.45, 7) is 10.1. The molecule has 0 bridgehead atoms. The van der Waals surface area contributed by atoms with Crippen LogP contribution in [-0.4, -0.2) is 6.10 Å². The molecule has 4 rings (SSSR count). The lowest BCUT2D eigenvalue weighted by Gasteiger charge is -2.58. The molecule has 0 aromatic carbocycles. The Hall–Kier alpha value is 0.780. The Bertz CT molecular complexity index is 604. The molecule has 1 nitrogen and oxygen atoms in total. The van der Waals surface area contributed by atoms with Crippen molar-refractivity contribution in [1.29, 1.82) is 0 Å². The Kier molecular flexibility index (Phi) is 7.39. The van der Waals surface area contributed by atoms with Gasteiger partial charge in [-0.15, -0.1) is 0 Å². The van der Waals surface area contributed by atoms with Crippen molar-refractivity contribution in [1.82, 2.24) is 0 Å². The van der Waals surface area contributed by atoms with E-state index in [0.717, 1.165) is 29.6 Å². The predicted molar refractivity (Wildman–Crippen MR) is 135 cm³/mol. The number of fused-ring (bicyclic) bond motifs is 5. The number of hydrogen-bond acceptors (Lipinski definition) is 2. The molecule has 0 N–H and O–H groups in total. The predicted octanol–water partition coefficient (Wildman–Crippen LogP) is 9.17. The van der Waals surface area contributed by atoms with E-state index in [0.29, 0.717) is 16.9 Å². The zero-order chi connectivity index (χ0) is 20.6. The molecule has 3 heteroatoms. The zero-order valence-electron chi connectivity index (χ0n) is 19.2. The monoisotopic (exact) mass is 530 g/mol. The molecule has 0 aromatic heterocycles. The number of allylic oxidation sites excluding steroid dienone is 1. The van der Waals surface area contributed by atoms with E-state index in [1.165, 1.54) is 86.3 Å². The molecule has 0 heterocycles. The van der Waals surface area contributed by atoms with Crippen molar-refractivity contribution in [2.45, 2.75) is 111 Å². The molecule has 3 saturated carbocycles. The summed E-state index contributed by atoms with van der Waals surface area (Å²) in [7, 11) is 1.53. The topological polar surface area (TPSA) is 9.23 Å². The van der Waals surface area contributed by atoms with Crippen LogP contribution in [0, 0.1) is 40.4 Å². The lowest BCUT2D eigenvalue weighted by molar-refractivity contribution is -0.0483. The highest BCUT2D eigenvalue weighted by Gasteiger charge is 2.58. The summed E-state index contributed by atoms with van der Waals surface area (Å²) in [5, 5.41) is 0. The Balaban J connectivity index is 1.44. The molecular weight excluding hydrogens is 487 g/mol. The second-order valence-electron chi connectivity index (χ2n) is 11.8.